The second kappa shape index (κ2) is 5.12. The zero-order valence-corrected chi connectivity index (χ0v) is 9.51. The molecule has 0 amide bonds. The van der Waals surface area contributed by atoms with Crippen LogP contribution in [-0.4, -0.2) is 29.7 Å². The number of rotatable bonds is 4. The number of anilines is 1. The fourth-order valence-electron chi connectivity index (χ4n) is 1.83. The first-order valence-corrected chi connectivity index (χ1v) is 5.75. The van der Waals surface area contributed by atoms with E-state index in [-0.39, 0.29) is 5.56 Å². The topological polar surface area (TPSA) is 67.0 Å². The Bertz CT molecular complexity index is 414. The van der Waals surface area contributed by atoms with Crippen LogP contribution in [0.25, 0.3) is 0 Å². The van der Waals surface area contributed by atoms with E-state index >= 15 is 0 Å². The van der Waals surface area contributed by atoms with Gasteiger partial charge in [0.1, 0.15) is 11.6 Å². The van der Waals surface area contributed by atoms with Crippen LogP contribution < -0.4 is 10.9 Å². The van der Waals surface area contributed by atoms with Gasteiger partial charge in [-0.3, -0.25) is 4.79 Å². The first-order chi connectivity index (χ1) is 7.81. The number of aromatic nitrogens is 2. The first-order valence-electron chi connectivity index (χ1n) is 5.75. The molecule has 5 heteroatoms. The molecule has 1 aromatic heterocycles. The minimum absolute atomic E-state index is 0.0105. The quantitative estimate of drug-likeness (QED) is 0.738. The number of hydrogen-bond acceptors (Lipinski definition) is 4. The normalized spacial score (nSPS) is 14.3. The summed E-state index contributed by atoms with van der Waals surface area (Å²) in [6.07, 6.45) is 2.46. The van der Waals surface area contributed by atoms with E-state index in [1.165, 1.54) is 0 Å². The fraction of sp³-hybridized carbons (Fsp3) is 0.636. The second-order valence-electron chi connectivity index (χ2n) is 3.82. The maximum absolute atomic E-state index is 11.7. The van der Waals surface area contributed by atoms with E-state index in [1.54, 1.807) is 0 Å². The third kappa shape index (κ3) is 2.41. The first kappa shape index (κ1) is 11.1. The molecule has 0 bridgehead atoms. The summed E-state index contributed by atoms with van der Waals surface area (Å²) in [5, 5.41) is 3.16. The van der Waals surface area contributed by atoms with Crippen molar-refractivity contribution >= 4 is 5.82 Å². The van der Waals surface area contributed by atoms with E-state index in [1.807, 2.05) is 6.92 Å². The molecule has 0 radical (unpaired) electrons. The van der Waals surface area contributed by atoms with Crippen LogP contribution in [-0.2, 0) is 17.6 Å². The average Bonchev–Trinajstić information content (AvgIpc) is 2.30. The Kier molecular flexibility index (Phi) is 3.56. The van der Waals surface area contributed by atoms with E-state index < -0.39 is 0 Å². The van der Waals surface area contributed by atoms with E-state index in [2.05, 4.69) is 15.3 Å². The van der Waals surface area contributed by atoms with Crippen LogP contribution in [0.5, 0.6) is 0 Å². The Morgan fingerprint density at radius 3 is 3.19 bits per heavy atom. The van der Waals surface area contributed by atoms with Crippen molar-refractivity contribution < 1.29 is 4.74 Å². The van der Waals surface area contributed by atoms with Gasteiger partial charge in [-0.1, -0.05) is 0 Å². The highest BCUT2D eigenvalue weighted by Crippen LogP contribution is 2.14. The fourth-order valence-corrected chi connectivity index (χ4v) is 1.83. The molecule has 0 atom stereocenters. The van der Waals surface area contributed by atoms with Gasteiger partial charge in [-0.15, -0.1) is 0 Å². The molecule has 1 aliphatic rings. The largest absolute Gasteiger partial charge is 0.381 e. The second-order valence-corrected chi connectivity index (χ2v) is 3.82. The Morgan fingerprint density at radius 2 is 2.38 bits per heavy atom. The molecule has 2 heterocycles. The zero-order valence-electron chi connectivity index (χ0n) is 9.51. The number of aromatic amines is 1. The summed E-state index contributed by atoms with van der Waals surface area (Å²) in [7, 11) is 0. The van der Waals surface area contributed by atoms with Crippen LogP contribution in [0.15, 0.2) is 4.79 Å². The van der Waals surface area contributed by atoms with Gasteiger partial charge in [0.2, 0.25) is 0 Å². The minimum Gasteiger partial charge on any atom is -0.381 e. The highest BCUT2D eigenvalue weighted by Gasteiger charge is 2.14. The summed E-state index contributed by atoms with van der Waals surface area (Å²) in [5.74, 6) is 1.45. The molecule has 5 nitrogen and oxygen atoms in total. The molecular formula is C11H17N3O2. The number of ether oxygens (including phenoxy) is 1. The van der Waals surface area contributed by atoms with Gasteiger partial charge in [-0.05, 0) is 19.8 Å². The van der Waals surface area contributed by atoms with Gasteiger partial charge >= 0.3 is 0 Å². The molecule has 1 aliphatic heterocycles. The molecule has 0 fully saturated rings. The Balaban J connectivity index is 2.15. The van der Waals surface area contributed by atoms with E-state index in [0.29, 0.717) is 25.5 Å². The third-order valence-electron chi connectivity index (χ3n) is 2.65. The van der Waals surface area contributed by atoms with Crippen molar-refractivity contribution in [1.29, 1.82) is 0 Å². The molecule has 1 aromatic rings. The number of nitrogens with one attached hydrogen (secondary N) is 2. The summed E-state index contributed by atoms with van der Waals surface area (Å²) in [4.78, 5) is 18.9. The van der Waals surface area contributed by atoms with Crippen LogP contribution in [0.1, 0.15) is 24.7 Å². The number of H-pyrrole nitrogens is 1. The highest BCUT2D eigenvalue weighted by molar-refractivity contribution is 5.44. The molecule has 0 aromatic carbocycles. The number of nitrogens with zero attached hydrogens (tertiary/aromatic N) is 1. The van der Waals surface area contributed by atoms with E-state index in [9.17, 15) is 4.79 Å². The summed E-state index contributed by atoms with van der Waals surface area (Å²) < 4.78 is 5.24. The van der Waals surface area contributed by atoms with Crippen molar-refractivity contribution in [3.63, 3.8) is 0 Å². The molecule has 0 unspecified atom stereocenters. The standard InChI is InChI=1S/C11H17N3O2/c1-2-16-7-5-9-13-10-8(11(15)14-9)4-3-6-12-10/h2-7H2,1H3,(H2,12,13,14,15). The predicted octanol–water partition coefficient (Wildman–Crippen LogP) is 0.707. The molecule has 0 aliphatic carbocycles. The smallest absolute Gasteiger partial charge is 0.256 e. The Morgan fingerprint density at radius 1 is 1.50 bits per heavy atom. The van der Waals surface area contributed by atoms with Crippen molar-refractivity contribution in [1.82, 2.24) is 9.97 Å². The van der Waals surface area contributed by atoms with Crippen molar-refractivity contribution in [2.24, 2.45) is 0 Å². The molecule has 2 N–H and O–H groups in total. The lowest BCUT2D eigenvalue weighted by atomic mass is 10.1. The molecule has 0 spiro atoms. The maximum Gasteiger partial charge on any atom is 0.256 e. The van der Waals surface area contributed by atoms with Gasteiger partial charge in [0.25, 0.3) is 5.56 Å². The van der Waals surface area contributed by atoms with Crippen molar-refractivity contribution in [2.45, 2.75) is 26.2 Å². The Labute approximate surface area is 94.2 Å². The van der Waals surface area contributed by atoms with Crippen LogP contribution >= 0.6 is 0 Å². The molecule has 2 rings (SSSR count). The van der Waals surface area contributed by atoms with Crippen LogP contribution in [0.3, 0.4) is 0 Å². The average molecular weight is 223 g/mol. The van der Waals surface area contributed by atoms with Crippen LogP contribution in [0.2, 0.25) is 0 Å². The molecule has 16 heavy (non-hydrogen) atoms. The minimum atomic E-state index is -0.0105. The van der Waals surface area contributed by atoms with Gasteiger partial charge in [-0.25, -0.2) is 4.98 Å². The Hall–Kier alpha value is -1.36. The lowest BCUT2D eigenvalue weighted by molar-refractivity contribution is 0.149. The zero-order chi connectivity index (χ0) is 11.4. The predicted molar refractivity (Wildman–Crippen MR) is 61.9 cm³/mol. The molecule has 88 valence electrons. The molecular weight excluding hydrogens is 206 g/mol. The summed E-state index contributed by atoms with van der Waals surface area (Å²) in [6, 6.07) is 0. The van der Waals surface area contributed by atoms with Crippen molar-refractivity contribution in [3.05, 3.63) is 21.7 Å². The summed E-state index contributed by atoms with van der Waals surface area (Å²) in [5.41, 5.74) is 0.773. The highest BCUT2D eigenvalue weighted by atomic mass is 16.5. The van der Waals surface area contributed by atoms with Gasteiger partial charge in [-0.2, -0.15) is 0 Å². The lowest BCUT2D eigenvalue weighted by Gasteiger charge is -2.16. The summed E-state index contributed by atoms with van der Waals surface area (Å²) >= 11 is 0. The van der Waals surface area contributed by atoms with E-state index in [0.717, 1.165) is 30.8 Å². The van der Waals surface area contributed by atoms with Gasteiger partial charge in [0.15, 0.2) is 0 Å². The third-order valence-corrected chi connectivity index (χ3v) is 2.65. The van der Waals surface area contributed by atoms with Crippen molar-refractivity contribution in [3.8, 4) is 0 Å². The van der Waals surface area contributed by atoms with Crippen LogP contribution in [0.4, 0.5) is 5.82 Å². The van der Waals surface area contributed by atoms with Crippen LogP contribution in [0, 0.1) is 0 Å². The monoisotopic (exact) mass is 223 g/mol. The van der Waals surface area contributed by atoms with Gasteiger partial charge < -0.3 is 15.0 Å². The number of fused-ring (bicyclic) bond motifs is 1. The SMILES string of the molecule is CCOCCc1nc2c(c(=O)[nH]1)CCCN2. The van der Waals surface area contributed by atoms with Gasteiger partial charge in [0, 0.05) is 19.6 Å². The molecule has 0 saturated heterocycles. The van der Waals surface area contributed by atoms with E-state index in [4.69, 9.17) is 4.74 Å². The molecule has 0 saturated carbocycles. The van der Waals surface area contributed by atoms with Gasteiger partial charge in [0.05, 0.1) is 12.2 Å². The number of hydrogen-bond donors (Lipinski definition) is 2. The summed E-state index contributed by atoms with van der Waals surface area (Å²) in [6.45, 7) is 4.13. The maximum atomic E-state index is 11.7. The van der Waals surface area contributed by atoms with Crippen molar-refractivity contribution in [2.75, 3.05) is 25.1 Å². The lowest BCUT2D eigenvalue weighted by Crippen LogP contribution is -2.25.